The molecule has 0 spiro atoms. The van der Waals surface area contributed by atoms with E-state index in [0.717, 1.165) is 11.5 Å². The lowest BCUT2D eigenvalue weighted by molar-refractivity contribution is 0.181. The Morgan fingerprint density at radius 1 is 1.62 bits per heavy atom. The van der Waals surface area contributed by atoms with Crippen LogP contribution in [0.2, 0.25) is 0 Å². The first-order chi connectivity index (χ1) is 6.15. The number of methoxy groups -OCH3 is 1. The van der Waals surface area contributed by atoms with E-state index in [9.17, 15) is 0 Å². The molecule has 0 bridgehead atoms. The number of rotatable bonds is 4. The quantitative estimate of drug-likeness (QED) is 0.769. The summed E-state index contributed by atoms with van der Waals surface area (Å²) < 4.78 is 10.1. The number of ether oxygens (including phenoxy) is 1. The third kappa shape index (κ3) is 2.54. The van der Waals surface area contributed by atoms with Gasteiger partial charge in [-0.15, -0.1) is 0 Å². The maximum atomic E-state index is 5.64. The minimum atomic E-state index is -0.101. The van der Waals surface area contributed by atoms with Gasteiger partial charge in [0.2, 0.25) is 0 Å². The number of nitrogens with two attached hydrogens (primary N) is 1. The Hall–Kier alpha value is -0.870. The first kappa shape index (κ1) is 10.2. The molecule has 1 aromatic rings. The van der Waals surface area contributed by atoms with Gasteiger partial charge in [0.25, 0.3) is 0 Å². The van der Waals surface area contributed by atoms with E-state index in [0.29, 0.717) is 6.61 Å². The van der Waals surface area contributed by atoms with Crippen LogP contribution in [0.3, 0.4) is 0 Å². The minimum Gasteiger partial charge on any atom is -0.384 e. The Bertz CT molecular complexity index is 258. The van der Waals surface area contributed by atoms with Crippen LogP contribution in [0.25, 0.3) is 0 Å². The van der Waals surface area contributed by atoms with Gasteiger partial charge in [0.05, 0.1) is 18.3 Å². The van der Waals surface area contributed by atoms with Crippen molar-refractivity contribution in [3.8, 4) is 0 Å². The normalized spacial score (nSPS) is 15.7. The van der Waals surface area contributed by atoms with E-state index in [1.165, 1.54) is 0 Å². The number of hydrogen-bond acceptors (Lipinski definition) is 4. The van der Waals surface area contributed by atoms with Gasteiger partial charge in [-0.25, -0.2) is 0 Å². The van der Waals surface area contributed by atoms with Crippen LogP contribution in [0.4, 0.5) is 0 Å². The van der Waals surface area contributed by atoms with Crippen LogP contribution < -0.4 is 5.73 Å². The van der Waals surface area contributed by atoms with Gasteiger partial charge in [0.1, 0.15) is 0 Å². The average Bonchev–Trinajstić information content (AvgIpc) is 2.52. The van der Waals surface area contributed by atoms with Gasteiger partial charge >= 0.3 is 0 Å². The Kier molecular flexibility index (Phi) is 3.45. The topological polar surface area (TPSA) is 61.3 Å². The largest absolute Gasteiger partial charge is 0.384 e. The molecule has 0 aromatic carbocycles. The first-order valence-electron chi connectivity index (χ1n) is 4.36. The van der Waals surface area contributed by atoms with Gasteiger partial charge in [-0.1, -0.05) is 12.1 Å². The van der Waals surface area contributed by atoms with Crippen LogP contribution >= 0.6 is 0 Å². The molecule has 0 aliphatic carbocycles. The molecule has 4 heteroatoms. The van der Waals surface area contributed by atoms with E-state index >= 15 is 0 Å². The van der Waals surface area contributed by atoms with Crippen molar-refractivity contribution in [1.29, 1.82) is 0 Å². The van der Waals surface area contributed by atoms with Crippen molar-refractivity contribution >= 4 is 0 Å². The number of nitrogens with zero attached hydrogens (tertiary/aromatic N) is 1. The molecule has 0 saturated carbocycles. The van der Waals surface area contributed by atoms with Crippen LogP contribution in [0.1, 0.15) is 37.3 Å². The van der Waals surface area contributed by atoms with E-state index in [1.807, 2.05) is 19.9 Å². The Labute approximate surface area is 78.0 Å². The molecule has 0 aliphatic rings. The number of aromatic nitrogens is 1. The molecule has 74 valence electrons. The molecule has 2 atom stereocenters. The van der Waals surface area contributed by atoms with Gasteiger partial charge in [0, 0.05) is 19.1 Å². The second-order valence-corrected chi connectivity index (χ2v) is 3.30. The maximum Gasteiger partial charge on any atom is 0.153 e. The minimum absolute atomic E-state index is 0.101. The third-order valence-electron chi connectivity index (χ3n) is 1.92. The standard InChI is InChI=1S/C9H16N2O2/c1-6(5-12-3)8-4-9(7(2)10)13-11-8/h4,6-7H,5,10H2,1-3H3. The molecule has 13 heavy (non-hydrogen) atoms. The average molecular weight is 184 g/mol. The lowest BCUT2D eigenvalue weighted by atomic mass is 10.1. The highest BCUT2D eigenvalue weighted by molar-refractivity contribution is 5.11. The van der Waals surface area contributed by atoms with Crippen LogP contribution in [-0.4, -0.2) is 18.9 Å². The molecular weight excluding hydrogens is 168 g/mol. The van der Waals surface area contributed by atoms with Gasteiger partial charge in [0.15, 0.2) is 5.76 Å². The highest BCUT2D eigenvalue weighted by Crippen LogP contribution is 2.18. The summed E-state index contributed by atoms with van der Waals surface area (Å²) in [4.78, 5) is 0. The monoisotopic (exact) mass is 184 g/mol. The Balaban J connectivity index is 2.67. The molecule has 0 fully saturated rings. The fourth-order valence-corrected chi connectivity index (χ4v) is 1.09. The molecule has 4 nitrogen and oxygen atoms in total. The summed E-state index contributed by atoms with van der Waals surface area (Å²) in [5.41, 5.74) is 6.53. The molecule has 1 heterocycles. The van der Waals surface area contributed by atoms with Crippen molar-refractivity contribution < 1.29 is 9.26 Å². The molecule has 1 rings (SSSR count). The predicted molar refractivity (Wildman–Crippen MR) is 49.4 cm³/mol. The number of hydrogen-bond donors (Lipinski definition) is 1. The molecule has 2 N–H and O–H groups in total. The smallest absolute Gasteiger partial charge is 0.153 e. The summed E-state index contributed by atoms with van der Waals surface area (Å²) >= 11 is 0. The Morgan fingerprint density at radius 3 is 2.77 bits per heavy atom. The first-order valence-corrected chi connectivity index (χ1v) is 4.36. The molecule has 0 radical (unpaired) electrons. The zero-order valence-electron chi connectivity index (χ0n) is 8.28. The molecule has 0 aliphatic heterocycles. The maximum absolute atomic E-state index is 5.64. The van der Waals surface area contributed by atoms with Crippen LogP contribution in [-0.2, 0) is 4.74 Å². The van der Waals surface area contributed by atoms with Crippen LogP contribution in [0.15, 0.2) is 10.6 Å². The van der Waals surface area contributed by atoms with E-state index in [-0.39, 0.29) is 12.0 Å². The van der Waals surface area contributed by atoms with Crippen molar-refractivity contribution in [2.24, 2.45) is 5.73 Å². The summed E-state index contributed by atoms with van der Waals surface area (Å²) in [6.07, 6.45) is 0. The van der Waals surface area contributed by atoms with E-state index in [4.69, 9.17) is 15.0 Å². The zero-order valence-corrected chi connectivity index (χ0v) is 8.28. The SMILES string of the molecule is COCC(C)c1cc(C(C)N)on1. The third-order valence-corrected chi connectivity index (χ3v) is 1.92. The van der Waals surface area contributed by atoms with E-state index < -0.39 is 0 Å². The molecule has 1 aromatic heterocycles. The molecule has 2 unspecified atom stereocenters. The lowest BCUT2D eigenvalue weighted by Crippen LogP contribution is -2.04. The van der Waals surface area contributed by atoms with Gasteiger partial charge in [-0.3, -0.25) is 0 Å². The van der Waals surface area contributed by atoms with E-state index in [2.05, 4.69) is 5.16 Å². The summed E-state index contributed by atoms with van der Waals surface area (Å²) in [7, 11) is 1.67. The van der Waals surface area contributed by atoms with Gasteiger partial charge < -0.3 is 15.0 Å². The van der Waals surface area contributed by atoms with Gasteiger partial charge in [-0.05, 0) is 6.92 Å². The summed E-state index contributed by atoms with van der Waals surface area (Å²) in [5.74, 6) is 0.971. The van der Waals surface area contributed by atoms with Crippen molar-refractivity contribution in [2.75, 3.05) is 13.7 Å². The molecule has 0 amide bonds. The Morgan fingerprint density at radius 2 is 2.31 bits per heavy atom. The van der Waals surface area contributed by atoms with Crippen molar-refractivity contribution in [1.82, 2.24) is 5.16 Å². The van der Waals surface area contributed by atoms with Gasteiger partial charge in [-0.2, -0.15) is 0 Å². The fraction of sp³-hybridized carbons (Fsp3) is 0.667. The highest BCUT2D eigenvalue weighted by Gasteiger charge is 2.13. The predicted octanol–water partition coefficient (Wildman–Crippen LogP) is 1.44. The van der Waals surface area contributed by atoms with E-state index in [1.54, 1.807) is 7.11 Å². The highest BCUT2D eigenvalue weighted by atomic mass is 16.5. The summed E-state index contributed by atoms with van der Waals surface area (Å²) in [6.45, 7) is 4.54. The second kappa shape index (κ2) is 4.39. The van der Waals surface area contributed by atoms with Crippen molar-refractivity contribution in [3.63, 3.8) is 0 Å². The molecular formula is C9H16N2O2. The second-order valence-electron chi connectivity index (χ2n) is 3.30. The summed E-state index contributed by atoms with van der Waals surface area (Å²) in [5, 5.41) is 3.92. The fourth-order valence-electron chi connectivity index (χ4n) is 1.09. The molecule has 0 saturated heterocycles. The van der Waals surface area contributed by atoms with Crippen LogP contribution in [0, 0.1) is 0 Å². The summed E-state index contributed by atoms with van der Waals surface area (Å²) in [6, 6.07) is 1.78. The van der Waals surface area contributed by atoms with Crippen molar-refractivity contribution in [3.05, 3.63) is 17.5 Å². The van der Waals surface area contributed by atoms with Crippen LogP contribution in [0.5, 0.6) is 0 Å². The lowest BCUT2D eigenvalue weighted by Gasteiger charge is -2.04. The zero-order chi connectivity index (χ0) is 9.84. The van der Waals surface area contributed by atoms with Crippen molar-refractivity contribution in [2.45, 2.75) is 25.8 Å².